The molecule has 0 atom stereocenters. The summed E-state index contributed by atoms with van der Waals surface area (Å²) < 4.78 is 6.39. The van der Waals surface area contributed by atoms with Crippen molar-refractivity contribution in [2.45, 2.75) is 6.42 Å². The van der Waals surface area contributed by atoms with Gasteiger partial charge in [-0.15, -0.1) is 6.58 Å². The van der Waals surface area contributed by atoms with E-state index in [1.165, 1.54) is 0 Å². The van der Waals surface area contributed by atoms with Gasteiger partial charge >= 0.3 is 5.97 Å². The molecule has 1 aliphatic rings. The quantitative estimate of drug-likeness (QED) is 0.576. The number of rotatable bonds is 3. The summed E-state index contributed by atoms with van der Waals surface area (Å²) in [6.07, 6.45) is 2.46. The number of carbonyl (C=O) groups is 1. The molecule has 1 aliphatic heterocycles. The molecule has 0 unspecified atom stereocenters. The first kappa shape index (κ1) is 13.8. The second-order valence-electron chi connectivity index (χ2n) is 4.75. The maximum Gasteiger partial charge on any atom is 0.344 e. The monoisotopic (exact) mass is 340 g/mol. The molecule has 3 rings (SSSR count). The Balaban J connectivity index is 2.21. The van der Waals surface area contributed by atoms with Gasteiger partial charge in [0.15, 0.2) is 0 Å². The van der Waals surface area contributed by atoms with Crippen LogP contribution in [0.2, 0.25) is 0 Å². The van der Waals surface area contributed by atoms with Crippen molar-refractivity contribution in [3.05, 3.63) is 82.3 Å². The number of allylic oxidation sites excluding steroid dienone is 2. The Morgan fingerprint density at radius 3 is 2.62 bits per heavy atom. The molecule has 21 heavy (non-hydrogen) atoms. The molecule has 3 heteroatoms. The molecular formula is C18H13BrO2. The molecule has 0 bridgehead atoms. The molecule has 0 aliphatic carbocycles. The first-order valence-corrected chi connectivity index (χ1v) is 7.41. The van der Waals surface area contributed by atoms with Crippen molar-refractivity contribution < 1.29 is 9.53 Å². The fraction of sp³-hybridized carbons (Fsp3) is 0.0556. The normalized spacial score (nSPS) is 15.4. The third-order valence-electron chi connectivity index (χ3n) is 3.39. The fourth-order valence-corrected chi connectivity index (χ4v) is 2.80. The predicted octanol–water partition coefficient (Wildman–Crippen LogP) is 5.06. The van der Waals surface area contributed by atoms with Crippen molar-refractivity contribution in [3.63, 3.8) is 0 Å². The lowest BCUT2D eigenvalue weighted by Gasteiger charge is -2.09. The first-order chi connectivity index (χ1) is 10.2. The van der Waals surface area contributed by atoms with Crippen LogP contribution < -0.4 is 0 Å². The van der Waals surface area contributed by atoms with Crippen LogP contribution in [0.5, 0.6) is 0 Å². The van der Waals surface area contributed by atoms with Crippen LogP contribution in [-0.4, -0.2) is 5.97 Å². The lowest BCUT2D eigenvalue weighted by Crippen LogP contribution is -1.94. The Morgan fingerprint density at radius 1 is 1.14 bits per heavy atom. The fourth-order valence-electron chi connectivity index (χ4n) is 2.44. The number of fused-ring (bicyclic) bond motifs is 1. The van der Waals surface area contributed by atoms with E-state index >= 15 is 0 Å². The van der Waals surface area contributed by atoms with Crippen molar-refractivity contribution >= 4 is 33.2 Å². The van der Waals surface area contributed by atoms with Crippen molar-refractivity contribution in [1.82, 2.24) is 0 Å². The van der Waals surface area contributed by atoms with E-state index in [0.29, 0.717) is 17.7 Å². The zero-order valence-corrected chi connectivity index (χ0v) is 12.9. The summed E-state index contributed by atoms with van der Waals surface area (Å²) in [6, 6.07) is 15.5. The SMILES string of the molecule is C=CC/C(=C1/OC(=O)c2cc(Br)ccc21)c1ccccc1. The van der Waals surface area contributed by atoms with Gasteiger partial charge in [0.25, 0.3) is 0 Å². The van der Waals surface area contributed by atoms with Gasteiger partial charge in [0.2, 0.25) is 0 Å². The zero-order valence-electron chi connectivity index (χ0n) is 11.3. The topological polar surface area (TPSA) is 26.3 Å². The lowest BCUT2D eigenvalue weighted by atomic mass is 9.97. The molecular weight excluding hydrogens is 328 g/mol. The van der Waals surface area contributed by atoms with E-state index in [9.17, 15) is 4.79 Å². The van der Waals surface area contributed by atoms with Gasteiger partial charge in [-0.05, 0) is 30.2 Å². The first-order valence-electron chi connectivity index (χ1n) is 6.62. The molecule has 0 fully saturated rings. The average molecular weight is 341 g/mol. The highest BCUT2D eigenvalue weighted by atomic mass is 79.9. The predicted molar refractivity (Wildman–Crippen MR) is 87.6 cm³/mol. The summed E-state index contributed by atoms with van der Waals surface area (Å²) in [6.45, 7) is 3.80. The molecule has 104 valence electrons. The van der Waals surface area contributed by atoms with Gasteiger partial charge in [0.1, 0.15) is 5.76 Å². The number of hydrogen-bond acceptors (Lipinski definition) is 2. The highest BCUT2D eigenvalue weighted by molar-refractivity contribution is 9.10. The van der Waals surface area contributed by atoms with E-state index in [1.807, 2.05) is 48.5 Å². The largest absolute Gasteiger partial charge is 0.422 e. The Labute approximate surface area is 131 Å². The number of cyclic esters (lactones) is 1. The van der Waals surface area contributed by atoms with Gasteiger partial charge in [-0.2, -0.15) is 0 Å². The highest BCUT2D eigenvalue weighted by Crippen LogP contribution is 2.38. The summed E-state index contributed by atoms with van der Waals surface area (Å²) in [5.41, 5.74) is 3.44. The maximum atomic E-state index is 12.1. The molecule has 0 saturated heterocycles. The summed E-state index contributed by atoms with van der Waals surface area (Å²) in [4.78, 5) is 12.1. The highest BCUT2D eigenvalue weighted by Gasteiger charge is 2.29. The Morgan fingerprint density at radius 2 is 1.90 bits per heavy atom. The van der Waals surface area contributed by atoms with Crippen molar-refractivity contribution in [1.29, 1.82) is 0 Å². The van der Waals surface area contributed by atoms with Gasteiger partial charge in [-0.25, -0.2) is 4.79 Å². The standard InChI is InChI=1S/C18H13BrO2/c1-2-6-14(12-7-4-3-5-8-12)17-15-10-9-13(19)11-16(15)18(20)21-17/h2-5,7-11H,1,6H2/b17-14-. The maximum absolute atomic E-state index is 12.1. The van der Waals surface area contributed by atoms with Gasteiger partial charge in [0.05, 0.1) is 5.56 Å². The van der Waals surface area contributed by atoms with Crippen molar-refractivity contribution in [2.75, 3.05) is 0 Å². The van der Waals surface area contributed by atoms with Gasteiger partial charge < -0.3 is 4.74 Å². The smallest absolute Gasteiger partial charge is 0.344 e. The number of esters is 1. The van der Waals surface area contributed by atoms with Gasteiger partial charge in [-0.1, -0.05) is 52.3 Å². The minimum Gasteiger partial charge on any atom is -0.422 e. The summed E-state index contributed by atoms with van der Waals surface area (Å²) in [5.74, 6) is 0.326. The number of halogens is 1. The molecule has 0 N–H and O–H groups in total. The van der Waals surface area contributed by atoms with Crippen LogP contribution in [0.1, 0.15) is 27.9 Å². The van der Waals surface area contributed by atoms with E-state index in [4.69, 9.17) is 4.74 Å². The van der Waals surface area contributed by atoms with Crippen LogP contribution in [0.15, 0.2) is 65.7 Å². The molecule has 2 aromatic carbocycles. The average Bonchev–Trinajstić information content (AvgIpc) is 2.82. The number of ether oxygens (including phenoxy) is 1. The van der Waals surface area contributed by atoms with Crippen LogP contribution in [0, 0.1) is 0 Å². The zero-order chi connectivity index (χ0) is 14.8. The van der Waals surface area contributed by atoms with Crippen LogP contribution in [-0.2, 0) is 4.74 Å². The Kier molecular flexibility index (Phi) is 3.76. The van der Waals surface area contributed by atoms with Crippen molar-refractivity contribution in [2.24, 2.45) is 0 Å². The van der Waals surface area contributed by atoms with Crippen LogP contribution >= 0.6 is 15.9 Å². The molecule has 0 spiro atoms. The van der Waals surface area contributed by atoms with E-state index < -0.39 is 0 Å². The second-order valence-corrected chi connectivity index (χ2v) is 5.66. The third kappa shape index (κ3) is 2.57. The van der Waals surface area contributed by atoms with E-state index in [2.05, 4.69) is 22.5 Å². The minimum absolute atomic E-state index is 0.307. The van der Waals surface area contributed by atoms with Gasteiger partial charge in [-0.3, -0.25) is 0 Å². The van der Waals surface area contributed by atoms with E-state index in [1.54, 1.807) is 6.07 Å². The minimum atomic E-state index is -0.307. The second kappa shape index (κ2) is 5.70. The third-order valence-corrected chi connectivity index (χ3v) is 3.88. The van der Waals surface area contributed by atoms with Gasteiger partial charge in [0, 0.05) is 15.6 Å². The molecule has 2 aromatic rings. The van der Waals surface area contributed by atoms with E-state index in [-0.39, 0.29) is 5.97 Å². The summed E-state index contributed by atoms with van der Waals surface area (Å²) in [5, 5.41) is 0. The van der Waals surface area contributed by atoms with Crippen LogP contribution in [0.3, 0.4) is 0 Å². The van der Waals surface area contributed by atoms with Crippen molar-refractivity contribution in [3.8, 4) is 0 Å². The molecule has 0 radical (unpaired) electrons. The summed E-state index contributed by atoms with van der Waals surface area (Å²) in [7, 11) is 0. The van der Waals surface area contributed by atoms with Crippen LogP contribution in [0.4, 0.5) is 0 Å². The number of hydrogen-bond donors (Lipinski definition) is 0. The molecule has 0 aromatic heterocycles. The molecule has 1 heterocycles. The van der Waals surface area contributed by atoms with Crippen LogP contribution in [0.25, 0.3) is 11.3 Å². The van der Waals surface area contributed by atoms with E-state index in [0.717, 1.165) is 21.2 Å². The summed E-state index contributed by atoms with van der Waals surface area (Å²) >= 11 is 3.38. The Hall–Kier alpha value is -2.13. The molecule has 0 amide bonds. The lowest BCUT2D eigenvalue weighted by molar-refractivity contribution is 0.0716. The number of carbonyl (C=O) groups excluding carboxylic acids is 1. The molecule has 0 saturated carbocycles. The number of benzene rings is 2. The Bertz CT molecular complexity index is 745. The molecule has 2 nitrogen and oxygen atoms in total.